The van der Waals surface area contributed by atoms with Crippen LogP contribution in [-0.2, 0) is 11.3 Å². The van der Waals surface area contributed by atoms with Gasteiger partial charge in [0.2, 0.25) is 11.7 Å². The van der Waals surface area contributed by atoms with Gasteiger partial charge >= 0.3 is 0 Å². The van der Waals surface area contributed by atoms with E-state index in [1.165, 1.54) is 12.8 Å². The molecule has 1 saturated heterocycles. The van der Waals surface area contributed by atoms with E-state index >= 15 is 0 Å². The van der Waals surface area contributed by atoms with E-state index in [9.17, 15) is 0 Å². The second-order valence-electron chi connectivity index (χ2n) is 4.84. The second-order valence-corrected chi connectivity index (χ2v) is 4.84. The predicted octanol–water partition coefficient (Wildman–Crippen LogP) is 1.91. The highest BCUT2D eigenvalue weighted by atomic mass is 16.5. The molecular formula is C12H19N3O2. The van der Waals surface area contributed by atoms with Crippen LogP contribution in [0.2, 0.25) is 0 Å². The van der Waals surface area contributed by atoms with Crippen LogP contribution in [0.1, 0.15) is 50.4 Å². The number of ether oxygens (including phenoxy) is 1. The molecule has 0 bridgehead atoms. The summed E-state index contributed by atoms with van der Waals surface area (Å²) in [5.41, 5.74) is 0. The standard InChI is InChI=1S/C12H19N3O2/c1-2-15(9-5-6-9)8-11-13-12(14-17-11)10-4-3-7-16-10/h9-10H,2-8H2,1H3. The fourth-order valence-corrected chi connectivity index (χ4v) is 2.36. The highest BCUT2D eigenvalue weighted by Gasteiger charge is 2.29. The van der Waals surface area contributed by atoms with Gasteiger partial charge in [-0.1, -0.05) is 12.1 Å². The molecule has 0 radical (unpaired) electrons. The minimum Gasteiger partial charge on any atom is -0.370 e. The summed E-state index contributed by atoms with van der Waals surface area (Å²) in [5.74, 6) is 1.45. The normalized spacial score (nSPS) is 24.7. The average Bonchev–Trinajstić information content (AvgIpc) is 2.88. The van der Waals surface area contributed by atoms with Crippen LogP contribution in [0.5, 0.6) is 0 Å². The zero-order chi connectivity index (χ0) is 11.7. The number of hydrogen-bond acceptors (Lipinski definition) is 5. The fraction of sp³-hybridized carbons (Fsp3) is 0.833. The maximum atomic E-state index is 5.54. The first-order valence-electron chi connectivity index (χ1n) is 6.55. The van der Waals surface area contributed by atoms with Gasteiger partial charge in [0, 0.05) is 12.6 Å². The Balaban J connectivity index is 1.62. The molecule has 1 saturated carbocycles. The molecule has 0 spiro atoms. The van der Waals surface area contributed by atoms with Crippen molar-refractivity contribution in [3.05, 3.63) is 11.7 Å². The average molecular weight is 237 g/mol. The summed E-state index contributed by atoms with van der Waals surface area (Å²) in [6.45, 7) is 4.82. The van der Waals surface area contributed by atoms with Gasteiger partial charge in [-0.05, 0) is 32.2 Å². The minimum atomic E-state index is 0.0588. The predicted molar refractivity (Wildman–Crippen MR) is 61.3 cm³/mol. The third-order valence-electron chi connectivity index (χ3n) is 3.51. The van der Waals surface area contributed by atoms with Crippen molar-refractivity contribution < 1.29 is 9.26 Å². The van der Waals surface area contributed by atoms with Crippen LogP contribution in [0.15, 0.2) is 4.52 Å². The first-order chi connectivity index (χ1) is 8.36. The van der Waals surface area contributed by atoms with Crippen molar-refractivity contribution in [2.75, 3.05) is 13.2 Å². The van der Waals surface area contributed by atoms with Gasteiger partial charge in [-0.15, -0.1) is 0 Å². The quantitative estimate of drug-likeness (QED) is 0.783. The smallest absolute Gasteiger partial charge is 0.240 e. The summed E-state index contributed by atoms with van der Waals surface area (Å²) in [6.07, 6.45) is 4.78. The molecule has 1 aliphatic heterocycles. The molecule has 2 heterocycles. The first kappa shape index (κ1) is 11.2. The van der Waals surface area contributed by atoms with Gasteiger partial charge < -0.3 is 9.26 Å². The Kier molecular flexibility index (Phi) is 3.11. The monoisotopic (exact) mass is 237 g/mol. The molecule has 94 valence electrons. The van der Waals surface area contributed by atoms with E-state index in [2.05, 4.69) is 22.0 Å². The van der Waals surface area contributed by atoms with Gasteiger partial charge in [0.1, 0.15) is 6.10 Å². The van der Waals surface area contributed by atoms with Crippen molar-refractivity contribution in [1.29, 1.82) is 0 Å². The minimum absolute atomic E-state index is 0.0588. The topological polar surface area (TPSA) is 51.4 Å². The lowest BCUT2D eigenvalue weighted by molar-refractivity contribution is 0.103. The Morgan fingerprint density at radius 1 is 1.35 bits per heavy atom. The van der Waals surface area contributed by atoms with E-state index in [0.717, 1.165) is 50.3 Å². The summed E-state index contributed by atoms with van der Waals surface area (Å²) >= 11 is 0. The summed E-state index contributed by atoms with van der Waals surface area (Å²) in [5, 5.41) is 4.03. The van der Waals surface area contributed by atoms with Crippen LogP contribution < -0.4 is 0 Å². The Hall–Kier alpha value is -0.940. The van der Waals surface area contributed by atoms with Gasteiger partial charge in [0.05, 0.1) is 6.54 Å². The highest BCUT2D eigenvalue weighted by molar-refractivity contribution is 4.94. The maximum absolute atomic E-state index is 5.54. The van der Waals surface area contributed by atoms with Gasteiger partial charge in [0.15, 0.2) is 0 Å². The lowest BCUT2D eigenvalue weighted by atomic mass is 10.2. The second kappa shape index (κ2) is 4.74. The molecule has 2 aliphatic rings. The lowest BCUT2D eigenvalue weighted by Crippen LogP contribution is -2.25. The van der Waals surface area contributed by atoms with E-state index in [1.54, 1.807) is 0 Å². The molecule has 1 unspecified atom stereocenters. The molecule has 0 N–H and O–H groups in total. The number of rotatable bonds is 5. The van der Waals surface area contributed by atoms with Gasteiger partial charge in [-0.2, -0.15) is 4.98 Å². The van der Waals surface area contributed by atoms with Crippen LogP contribution in [0.25, 0.3) is 0 Å². The van der Waals surface area contributed by atoms with Crippen molar-refractivity contribution in [1.82, 2.24) is 15.0 Å². The van der Waals surface area contributed by atoms with Crippen molar-refractivity contribution >= 4 is 0 Å². The van der Waals surface area contributed by atoms with Crippen molar-refractivity contribution in [2.45, 2.75) is 51.3 Å². The molecule has 1 aromatic rings. The number of aromatic nitrogens is 2. The largest absolute Gasteiger partial charge is 0.370 e. The number of nitrogens with zero attached hydrogens (tertiary/aromatic N) is 3. The highest BCUT2D eigenvalue weighted by Crippen LogP contribution is 2.29. The third kappa shape index (κ3) is 2.50. The van der Waals surface area contributed by atoms with Crippen LogP contribution in [0.3, 0.4) is 0 Å². The molecule has 1 aliphatic carbocycles. The molecular weight excluding hydrogens is 218 g/mol. The van der Waals surface area contributed by atoms with E-state index in [1.807, 2.05) is 0 Å². The zero-order valence-corrected chi connectivity index (χ0v) is 10.3. The molecule has 1 aromatic heterocycles. The molecule has 0 amide bonds. The van der Waals surface area contributed by atoms with E-state index < -0.39 is 0 Å². The van der Waals surface area contributed by atoms with Crippen LogP contribution in [-0.4, -0.2) is 34.2 Å². The Morgan fingerprint density at radius 3 is 2.88 bits per heavy atom. The zero-order valence-electron chi connectivity index (χ0n) is 10.3. The van der Waals surface area contributed by atoms with E-state index in [0.29, 0.717) is 0 Å². The van der Waals surface area contributed by atoms with Crippen molar-refractivity contribution in [3.63, 3.8) is 0 Å². The Labute approximate surface area is 101 Å². The fourth-order valence-electron chi connectivity index (χ4n) is 2.36. The molecule has 5 nitrogen and oxygen atoms in total. The van der Waals surface area contributed by atoms with Crippen LogP contribution >= 0.6 is 0 Å². The Morgan fingerprint density at radius 2 is 2.24 bits per heavy atom. The number of hydrogen-bond donors (Lipinski definition) is 0. The molecule has 17 heavy (non-hydrogen) atoms. The van der Waals surface area contributed by atoms with Gasteiger partial charge in [-0.25, -0.2) is 0 Å². The molecule has 2 fully saturated rings. The lowest BCUT2D eigenvalue weighted by Gasteiger charge is -2.16. The van der Waals surface area contributed by atoms with Gasteiger partial charge in [-0.3, -0.25) is 4.90 Å². The Bertz CT molecular complexity index is 370. The first-order valence-corrected chi connectivity index (χ1v) is 6.55. The van der Waals surface area contributed by atoms with Crippen molar-refractivity contribution in [3.8, 4) is 0 Å². The maximum Gasteiger partial charge on any atom is 0.240 e. The summed E-state index contributed by atoms with van der Waals surface area (Å²) in [6, 6.07) is 0.734. The van der Waals surface area contributed by atoms with Crippen molar-refractivity contribution in [2.24, 2.45) is 0 Å². The molecule has 1 atom stereocenters. The van der Waals surface area contributed by atoms with Gasteiger partial charge in [0.25, 0.3) is 0 Å². The summed E-state index contributed by atoms with van der Waals surface area (Å²) in [4.78, 5) is 6.84. The summed E-state index contributed by atoms with van der Waals surface area (Å²) < 4.78 is 10.8. The van der Waals surface area contributed by atoms with E-state index in [4.69, 9.17) is 9.26 Å². The SMILES string of the molecule is CCN(Cc1nc(C2CCCO2)no1)C1CC1. The molecule has 5 heteroatoms. The molecule has 3 rings (SSSR count). The van der Waals surface area contributed by atoms with Crippen LogP contribution in [0.4, 0.5) is 0 Å². The van der Waals surface area contributed by atoms with E-state index in [-0.39, 0.29) is 6.10 Å². The van der Waals surface area contributed by atoms with Crippen LogP contribution in [0, 0.1) is 0 Å². The molecule has 0 aromatic carbocycles. The third-order valence-corrected chi connectivity index (χ3v) is 3.51. The summed E-state index contributed by atoms with van der Waals surface area (Å²) in [7, 11) is 0.